The minimum Gasteiger partial charge on any atom is -0.492 e. The molecule has 1 aromatic heterocycles. The molecule has 0 saturated carbocycles. The lowest BCUT2D eigenvalue weighted by atomic mass is 10.2. The summed E-state index contributed by atoms with van der Waals surface area (Å²) in [7, 11) is 0. The summed E-state index contributed by atoms with van der Waals surface area (Å²) in [6, 6.07) is 12.1. The molecule has 1 N–H and O–H groups in total. The Hall–Kier alpha value is -3.13. The van der Waals surface area contributed by atoms with Gasteiger partial charge in [-0.15, -0.1) is 5.10 Å². The lowest BCUT2D eigenvalue weighted by Crippen LogP contribution is -2.33. The minimum atomic E-state index is -0.776. The summed E-state index contributed by atoms with van der Waals surface area (Å²) in [6.45, 7) is 0.200. The third kappa shape index (κ3) is 5.18. The van der Waals surface area contributed by atoms with Crippen molar-refractivity contribution in [3.63, 3.8) is 0 Å². The summed E-state index contributed by atoms with van der Waals surface area (Å²) in [6.07, 6.45) is 0. The van der Waals surface area contributed by atoms with Gasteiger partial charge in [0.25, 0.3) is 0 Å². The predicted octanol–water partition coefficient (Wildman–Crippen LogP) is 2.49. The molecule has 9 heteroatoms. The van der Waals surface area contributed by atoms with Crippen LogP contribution in [0.3, 0.4) is 0 Å². The molecule has 0 spiro atoms. The van der Waals surface area contributed by atoms with Crippen LogP contribution in [0.25, 0.3) is 11.5 Å². The zero-order valence-corrected chi connectivity index (χ0v) is 14.8. The van der Waals surface area contributed by atoms with Gasteiger partial charge in [0.2, 0.25) is 11.8 Å². The first-order chi connectivity index (χ1) is 13.0. The van der Waals surface area contributed by atoms with Crippen LogP contribution in [0.4, 0.5) is 4.39 Å². The average molecular weight is 392 g/mol. The van der Waals surface area contributed by atoms with Gasteiger partial charge in [-0.3, -0.25) is 4.79 Å². The summed E-state index contributed by atoms with van der Waals surface area (Å²) in [5.41, 5.74) is 0.434. The molecule has 27 heavy (non-hydrogen) atoms. The van der Waals surface area contributed by atoms with Gasteiger partial charge in [-0.1, -0.05) is 11.6 Å². The fourth-order valence-corrected chi connectivity index (χ4v) is 2.32. The highest BCUT2D eigenvalue weighted by Crippen LogP contribution is 2.16. The van der Waals surface area contributed by atoms with E-state index in [0.717, 1.165) is 4.68 Å². The van der Waals surface area contributed by atoms with Crippen LogP contribution in [0.1, 0.15) is 0 Å². The quantitative estimate of drug-likeness (QED) is 0.625. The second kappa shape index (κ2) is 8.50. The number of halogens is 2. The highest BCUT2D eigenvalue weighted by atomic mass is 35.5. The summed E-state index contributed by atoms with van der Waals surface area (Å²) in [4.78, 5) is 23.7. The van der Waals surface area contributed by atoms with Gasteiger partial charge in [0.15, 0.2) is 0 Å². The Morgan fingerprint density at radius 1 is 1.19 bits per heavy atom. The van der Waals surface area contributed by atoms with Gasteiger partial charge in [-0.25, -0.2) is 9.18 Å². The molecule has 7 nitrogen and oxygen atoms in total. The van der Waals surface area contributed by atoms with E-state index in [2.05, 4.69) is 10.4 Å². The number of carbonyl (C=O) groups excluding carboxylic acids is 1. The molecule has 3 aromatic rings. The van der Waals surface area contributed by atoms with Crippen molar-refractivity contribution in [3.8, 4) is 17.2 Å². The number of carbonyl (C=O) groups is 1. The number of nitrogens with zero attached hydrogens (tertiary/aromatic N) is 2. The molecule has 0 fully saturated rings. The molecule has 3 rings (SSSR count). The van der Waals surface area contributed by atoms with Gasteiger partial charge in [0.1, 0.15) is 24.7 Å². The maximum absolute atomic E-state index is 12.9. The van der Waals surface area contributed by atoms with Crippen LogP contribution in [0.5, 0.6) is 5.75 Å². The van der Waals surface area contributed by atoms with Crippen LogP contribution < -0.4 is 15.8 Å². The normalized spacial score (nSPS) is 10.6. The lowest BCUT2D eigenvalue weighted by Gasteiger charge is -2.07. The van der Waals surface area contributed by atoms with Crippen LogP contribution in [0.2, 0.25) is 5.02 Å². The van der Waals surface area contributed by atoms with Crippen LogP contribution in [0, 0.1) is 5.82 Å². The molecule has 1 heterocycles. The maximum atomic E-state index is 12.9. The molecule has 0 bridgehead atoms. The first kappa shape index (κ1) is 18.7. The topological polar surface area (TPSA) is 86.4 Å². The van der Waals surface area contributed by atoms with Gasteiger partial charge in [-0.2, -0.15) is 4.68 Å². The van der Waals surface area contributed by atoms with Gasteiger partial charge < -0.3 is 14.5 Å². The number of nitrogens with one attached hydrogen (secondary N) is 1. The van der Waals surface area contributed by atoms with Crippen LogP contribution in [-0.2, 0) is 11.3 Å². The van der Waals surface area contributed by atoms with Crippen LogP contribution in [-0.4, -0.2) is 28.8 Å². The van der Waals surface area contributed by atoms with Crippen molar-refractivity contribution in [3.05, 3.63) is 69.9 Å². The van der Waals surface area contributed by atoms with Crippen molar-refractivity contribution >= 4 is 17.5 Å². The fourth-order valence-electron chi connectivity index (χ4n) is 2.20. The molecule has 0 atom stereocenters. The highest BCUT2D eigenvalue weighted by Gasteiger charge is 2.13. The average Bonchev–Trinajstić information content (AvgIpc) is 3.01. The molecule has 0 radical (unpaired) electrons. The van der Waals surface area contributed by atoms with Crippen molar-refractivity contribution in [1.29, 1.82) is 0 Å². The molecule has 0 aliphatic carbocycles. The molecule has 0 aliphatic heterocycles. The van der Waals surface area contributed by atoms with Crippen LogP contribution in [0.15, 0.2) is 57.7 Å². The number of hydrogen-bond donors (Lipinski definition) is 1. The molecule has 2 aromatic carbocycles. The Labute approximate surface area is 158 Å². The maximum Gasteiger partial charge on any atom is 0.437 e. The molecule has 0 aliphatic rings. The Balaban J connectivity index is 1.50. The Kier molecular flexibility index (Phi) is 5.87. The van der Waals surface area contributed by atoms with Gasteiger partial charge in [0.05, 0.1) is 6.54 Å². The van der Waals surface area contributed by atoms with Crippen LogP contribution >= 0.6 is 11.6 Å². The zero-order chi connectivity index (χ0) is 19.2. The van der Waals surface area contributed by atoms with E-state index in [9.17, 15) is 14.0 Å². The Bertz CT molecular complexity index is 968. The van der Waals surface area contributed by atoms with E-state index in [1.807, 2.05) is 0 Å². The van der Waals surface area contributed by atoms with Gasteiger partial charge in [0, 0.05) is 10.6 Å². The summed E-state index contributed by atoms with van der Waals surface area (Å²) in [5, 5.41) is 7.17. The summed E-state index contributed by atoms with van der Waals surface area (Å²) >= 11 is 5.78. The summed E-state index contributed by atoms with van der Waals surface area (Å²) in [5.74, 6) is -0.970. The number of aromatic nitrogens is 2. The second-order valence-electron chi connectivity index (χ2n) is 5.49. The Morgan fingerprint density at radius 2 is 1.89 bits per heavy atom. The number of ether oxygens (including phenoxy) is 1. The molecule has 0 unspecified atom stereocenters. The number of hydrogen-bond acceptors (Lipinski definition) is 5. The van der Waals surface area contributed by atoms with Crippen molar-refractivity contribution in [2.24, 2.45) is 0 Å². The smallest absolute Gasteiger partial charge is 0.437 e. The SMILES string of the molecule is O=C(Cn1nc(-c2ccc(F)cc2)oc1=O)NCCOc1ccc(Cl)cc1. The van der Waals surface area contributed by atoms with Gasteiger partial charge in [-0.05, 0) is 48.5 Å². The molecular weight excluding hydrogens is 377 g/mol. The number of amides is 1. The first-order valence-corrected chi connectivity index (χ1v) is 8.38. The van der Waals surface area contributed by atoms with E-state index in [-0.39, 0.29) is 25.6 Å². The van der Waals surface area contributed by atoms with Crippen molar-refractivity contribution in [2.45, 2.75) is 6.54 Å². The molecule has 1 amide bonds. The van der Waals surface area contributed by atoms with E-state index in [1.165, 1.54) is 24.3 Å². The fraction of sp³-hybridized carbons (Fsp3) is 0.167. The minimum absolute atomic E-state index is 0.0128. The van der Waals surface area contributed by atoms with E-state index >= 15 is 0 Å². The lowest BCUT2D eigenvalue weighted by molar-refractivity contribution is -0.122. The van der Waals surface area contributed by atoms with Crippen molar-refractivity contribution < 1.29 is 18.3 Å². The monoisotopic (exact) mass is 391 g/mol. The third-order valence-corrected chi connectivity index (χ3v) is 3.75. The molecular formula is C18H15ClFN3O4. The third-order valence-electron chi connectivity index (χ3n) is 3.50. The zero-order valence-electron chi connectivity index (χ0n) is 14.0. The predicted molar refractivity (Wildman–Crippen MR) is 96.1 cm³/mol. The largest absolute Gasteiger partial charge is 0.492 e. The highest BCUT2D eigenvalue weighted by molar-refractivity contribution is 6.30. The number of rotatable bonds is 7. The molecule has 140 valence electrons. The van der Waals surface area contributed by atoms with E-state index < -0.39 is 17.5 Å². The van der Waals surface area contributed by atoms with Crippen molar-refractivity contribution in [2.75, 3.05) is 13.2 Å². The first-order valence-electron chi connectivity index (χ1n) is 8.00. The Morgan fingerprint density at radius 3 is 2.59 bits per heavy atom. The standard InChI is InChI=1S/C18H15ClFN3O4/c19-13-3-7-15(8-4-13)26-10-9-21-16(24)11-23-18(25)27-17(22-23)12-1-5-14(20)6-2-12/h1-8H,9-11H2,(H,21,24). The summed E-state index contributed by atoms with van der Waals surface area (Å²) < 4.78 is 24.3. The van der Waals surface area contributed by atoms with E-state index in [0.29, 0.717) is 16.3 Å². The molecule has 0 saturated heterocycles. The van der Waals surface area contributed by atoms with Crippen molar-refractivity contribution in [1.82, 2.24) is 15.1 Å². The second-order valence-corrected chi connectivity index (χ2v) is 5.93. The van der Waals surface area contributed by atoms with E-state index in [4.69, 9.17) is 20.8 Å². The van der Waals surface area contributed by atoms with Gasteiger partial charge >= 0.3 is 5.76 Å². The van der Waals surface area contributed by atoms with E-state index in [1.54, 1.807) is 24.3 Å². The number of benzene rings is 2.